The summed E-state index contributed by atoms with van der Waals surface area (Å²) in [5.41, 5.74) is 1.61. The number of oxazole rings is 1. The fraction of sp³-hybridized carbons (Fsp3) is 0.500. The van der Waals surface area contributed by atoms with Gasteiger partial charge < -0.3 is 9.73 Å². The van der Waals surface area contributed by atoms with Gasteiger partial charge in [0.15, 0.2) is 5.58 Å². The smallest absolute Gasteiger partial charge is 0.257 e. The van der Waals surface area contributed by atoms with Gasteiger partial charge >= 0.3 is 0 Å². The average Bonchev–Trinajstić information content (AvgIpc) is 3.39. The first kappa shape index (κ1) is 13.2. The quantitative estimate of drug-likeness (QED) is 0.832. The Labute approximate surface area is 127 Å². The second-order valence-electron chi connectivity index (χ2n) is 6.00. The average molecular weight is 302 g/mol. The van der Waals surface area contributed by atoms with Gasteiger partial charge in [-0.15, -0.1) is 0 Å². The third-order valence-corrected chi connectivity index (χ3v) is 5.02. The molecule has 2 fully saturated rings. The fourth-order valence-corrected chi connectivity index (χ4v) is 3.45. The molecular formula is C16H18N2O2S. The van der Waals surface area contributed by atoms with Crippen molar-refractivity contribution in [1.82, 2.24) is 10.3 Å². The van der Waals surface area contributed by atoms with Crippen LogP contribution in [0.4, 0.5) is 0 Å². The number of benzene rings is 1. The Morgan fingerprint density at radius 1 is 1.29 bits per heavy atom. The van der Waals surface area contributed by atoms with Crippen molar-refractivity contribution in [2.45, 2.75) is 36.9 Å². The highest BCUT2D eigenvalue weighted by atomic mass is 32.2. The van der Waals surface area contributed by atoms with E-state index >= 15 is 0 Å². The second kappa shape index (κ2) is 5.37. The highest BCUT2D eigenvalue weighted by Crippen LogP contribution is 2.44. The number of fused-ring (bicyclic) bond motifs is 1. The summed E-state index contributed by atoms with van der Waals surface area (Å²) in [5, 5.41) is 3.79. The molecule has 1 aromatic carbocycles. The standard InChI is InChI=1S/C16H18N2O2S/c19-14(18-15(10-5-6-10)11-7-8-11)9-21-16-17-12-3-1-2-4-13(12)20-16/h1-4,10-11,15H,5-9H2,(H,18,19). The molecule has 2 saturated carbocycles. The van der Waals surface area contributed by atoms with Crippen molar-refractivity contribution >= 4 is 28.8 Å². The normalized spacial score (nSPS) is 18.3. The molecule has 2 aliphatic carbocycles. The number of para-hydroxylation sites is 2. The number of thioether (sulfide) groups is 1. The van der Waals surface area contributed by atoms with Gasteiger partial charge in [0.05, 0.1) is 5.75 Å². The van der Waals surface area contributed by atoms with Gasteiger partial charge in [-0.05, 0) is 49.7 Å². The molecular weight excluding hydrogens is 284 g/mol. The van der Waals surface area contributed by atoms with Gasteiger partial charge in [-0.3, -0.25) is 4.79 Å². The summed E-state index contributed by atoms with van der Waals surface area (Å²) in [6.07, 6.45) is 5.11. The van der Waals surface area contributed by atoms with E-state index in [2.05, 4.69) is 10.3 Å². The van der Waals surface area contributed by atoms with Crippen molar-refractivity contribution in [2.24, 2.45) is 11.8 Å². The number of nitrogens with one attached hydrogen (secondary N) is 1. The molecule has 2 aromatic rings. The third-order valence-electron chi connectivity index (χ3n) is 4.19. The molecule has 110 valence electrons. The maximum Gasteiger partial charge on any atom is 0.257 e. The molecule has 0 spiro atoms. The van der Waals surface area contributed by atoms with Crippen molar-refractivity contribution < 1.29 is 9.21 Å². The molecule has 21 heavy (non-hydrogen) atoms. The molecule has 0 aliphatic heterocycles. The summed E-state index contributed by atoms with van der Waals surface area (Å²) in [5.74, 6) is 1.94. The van der Waals surface area contributed by atoms with Crippen LogP contribution in [0, 0.1) is 11.8 Å². The van der Waals surface area contributed by atoms with Gasteiger partial charge in [-0.1, -0.05) is 23.9 Å². The summed E-state index contributed by atoms with van der Waals surface area (Å²) in [4.78, 5) is 16.5. The molecule has 0 saturated heterocycles. The van der Waals surface area contributed by atoms with Gasteiger partial charge in [0.1, 0.15) is 5.52 Å². The van der Waals surface area contributed by atoms with Gasteiger partial charge in [0, 0.05) is 6.04 Å². The predicted molar refractivity (Wildman–Crippen MR) is 82.1 cm³/mol. The summed E-state index contributed by atoms with van der Waals surface area (Å²) in [7, 11) is 0. The van der Waals surface area contributed by atoms with Gasteiger partial charge in [0.2, 0.25) is 5.91 Å². The van der Waals surface area contributed by atoms with Crippen LogP contribution in [-0.4, -0.2) is 22.7 Å². The zero-order valence-corrected chi connectivity index (χ0v) is 12.6. The maximum atomic E-state index is 12.1. The first-order valence-electron chi connectivity index (χ1n) is 7.57. The van der Waals surface area contributed by atoms with E-state index in [9.17, 15) is 4.79 Å². The maximum absolute atomic E-state index is 12.1. The Morgan fingerprint density at radius 2 is 2.00 bits per heavy atom. The Balaban J connectivity index is 1.34. The molecule has 4 nitrogen and oxygen atoms in total. The van der Waals surface area contributed by atoms with Crippen LogP contribution in [0.15, 0.2) is 33.9 Å². The molecule has 1 amide bonds. The lowest BCUT2D eigenvalue weighted by Crippen LogP contribution is -2.39. The van der Waals surface area contributed by atoms with Crippen LogP contribution >= 0.6 is 11.8 Å². The SMILES string of the molecule is O=C(CSc1nc2ccccc2o1)NC(C1CC1)C1CC1. The zero-order chi connectivity index (χ0) is 14.2. The van der Waals surface area contributed by atoms with E-state index in [0.29, 0.717) is 17.0 Å². The number of hydrogen-bond donors (Lipinski definition) is 1. The van der Waals surface area contributed by atoms with Crippen LogP contribution in [0.1, 0.15) is 25.7 Å². The Bertz CT molecular complexity index is 616. The van der Waals surface area contributed by atoms with Crippen molar-refractivity contribution in [3.05, 3.63) is 24.3 Å². The zero-order valence-electron chi connectivity index (χ0n) is 11.7. The van der Waals surface area contributed by atoms with E-state index in [-0.39, 0.29) is 5.91 Å². The van der Waals surface area contributed by atoms with Crippen LogP contribution in [0.2, 0.25) is 0 Å². The molecule has 0 radical (unpaired) electrons. The van der Waals surface area contributed by atoms with Crippen LogP contribution in [-0.2, 0) is 4.79 Å². The first-order chi connectivity index (χ1) is 10.3. The largest absolute Gasteiger partial charge is 0.431 e. The molecule has 0 unspecified atom stereocenters. The number of aromatic nitrogens is 1. The van der Waals surface area contributed by atoms with Gasteiger partial charge in [-0.2, -0.15) is 0 Å². The second-order valence-corrected chi connectivity index (χ2v) is 6.93. The van der Waals surface area contributed by atoms with E-state index in [1.165, 1.54) is 37.4 Å². The lowest BCUT2D eigenvalue weighted by molar-refractivity contribution is -0.119. The molecule has 5 heteroatoms. The van der Waals surface area contributed by atoms with Crippen LogP contribution < -0.4 is 5.32 Å². The topological polar surface area (TPSA) is 55.1 Å². The highest BCUT2D eigenvalue weighted by molar-refractivity contribution is 7.99. The summed E-state index contributed by atoms with van der Waals surface area (Å²) in [6, 6.07) is 8.08. The summed E-state index contributed by atoms with van der Waals surface area (Å²) >= 11 is 1.37. The number of rotatable bonds is 6. The third kappa shape index (κ3) is 3.07. The lowest BCUT2D eigenvalue weighted by Gasteiger charge is -2.17. The number of hydrogen-bond acceptors (Lipinski definition) is 4. The van der Waals surface area contributed by atoms with Gasteiger partial charge in [-0.25, -0.2) is 4.98 Å². The van der Waals surface area contributed by atoms with E-state index < -0.39 is 0 Å². The van der Waals surface area contributed by atoms with Crippen LogP contribution in [0.3, 0.4) is 0 Å². The molecule has 1 aromatic heterocycles. The van der Waals surface area contributed by atoms with E-state index in [1.54, 1.807) is 0 Å². The van der Waals surface area contributed by atoms with Crippen molar-refractivity contribution in [3.63, 3.8) is 0 Å². The Hall–Kier alpha value is -1.49. The lowest BCUT2D eigenvalue weighted by atomic mass is 10.1. The Morgan fingerprint density at radius 3 is 2.67 bits per heavy atom. The minimum absolute atomic E-state index is 0.103. The number of carbonyl (C=O) groups excluding carboxylic acids is 1. The minimum atomic E-state index is 0.103. The molecule has 4 rings (SSSR count). The summed E-state index contributed by atoms with van der Waals surface area (Å²) < 4.78 is 5.61. The van der Waals surface area contributed by atoms with Gasteiger partial charge in [0.25, 0.3) is 5.22 Å². The molecule has 1 heterocycles. The van der Waals surface area contributed by atoms with Crippen molar-refractivity contribution in [1.29, 1.82) is 0 Å². The van der Waals surface area contributed by atoms with E-state index in [1.807, 2.05) is 24.3 Å². The monoisotopic (exact) mass is 302 g/mol. The van der Waals surface area contributed by atoms with Crippen LogP contribution in [0.5, 0.6) is 0 Å². The van der Waals surface area contributed by atoms with E-state index in [4.69, 9.17) is 4.42 Å². The molecule has 0 atom stereocenters. The Kier molecular flexibility index (Phi) is 3.37. The number of amides is 1. The summed E-state index contributed by atoms with van der Waals surface area (Å²) in [6.45, 7) is 0. The van der Waals surface area contributed by atoms with Crippen molar-refractivity contribution in [2.75, 3.05) is 5.75 Å². The van der Waals surface area contributed by atoms with Crippen LogP contribution in [0.25, 0.3) is 11.1 Å². The minimum Gasteiger partial charge on any atom is -0.431 e. The molecule has 2 aliphatic rings. The first-order valence-corrected chi connectivity index (χ1v) is 8.56. The molecule has 1 N–H and O–H groups in total. The van der Waals surface area contributed by atoms with E-state index in [0.717, 1.165) is 22.9 Å². The predicted octanol–water partition coefficient (Wildman–Crippen LogP) is 3.22. The number of nitrogens with zero attached hydrogens (tertiary/aromatic N) is 1. The number of carbonyl (C=O) groups is 1. The molecule has 0 bridgehead atoms. The highest BCUT2D eigenvalue weighted by Gasteiger charge is 2.42. The van der Waals surface area contributed by atoms with Crippen molar-refractivity contribution in [3.8, 4) is 0 Å². The fourth-order valence-electron chi connectivity index (χ4n) is 2.80.